The van der Waals surface area contributed by atoms with Gasteiger partial charge >= 0.3 is 0 Å². The average molecular weight is 319 g/mol. The molecule has 0 radical (unpaired) electrons. The van der Waals surface area contributed by atoms with Gasteiger partial charge in [-0.25, -0.2) is 22.1 Å². The molecule has 1 aliphatic heterocycles. The Morgan fingerprint density at radius 1 is 1.14 bits per heavy atom. The first-order valence-electron chi connectivity index (χ1n) is 6.66. The topological polar surface area (TPSA) is 75.8 Å². The lowest BCUT2D eigenvalue weighted by Crippen LogP contribution is -2.47. The molecule has 114 valence electrons. The van der Waals surface area contributed by atoms with Crippen molar-refractivity contribution in [2.75, 3.05) is 4.31 Å². The number of para-hydroxylation sites is 1. The van der Waals surface area contributed by atoms with E-state index in [4.69, 9.17) is 5.73 Å². The summed E-state index contributed by atoms with van der Waals surface area (Å²) in [5.74, 6) is -0.671. The molecule has 2 aromatic rings. The van der Waals surface area contributed by atoms with Crippen LogP contribution < -0.4 is 10.0 Å². The van der Waals surface area contributed by atoms with Gasteiger partial charge in [-0.15, -0.1) is 0 Å². The number of anilines is 1. The summed E-state index contributed by atoms with van der Waals surface area (Å²) < 4.78 is 40.9. The molecule has 2 aromatic carbocycles. The first-order chi connectivity index (χ1) is 10.4. The van der Waals surface area contributed by atoms with Crippen LogP contribution in [0.25, 0.3) is 0 Å². The van der Waals surface area contributed by atoms with Gasteiger partial charge in [-0.1, -0.05) is 24.3 Å². The number of hydrogen-bond acceptors (Lipinski definition) is 4. The molecule has 2 N–H and O–H groups in total. The smallest absolute Gasteiger partial charge is 0.274 e. The minimum Gasteiger partial charge on any atom is -0.322 e. The molecule has 0 spiro atoms. The lowest BCUT2D eigenvalue weighted by Gasteiger charge is -2.31. The molecule has 0 bridgehead atoms. The number of benzene rings is 2. The van der Waals surface area contributed by atoms with E-state index in [1.165, 1.54) is 12.1 Å². The van der Waals surface area contributed by atoms with E-state index in [9.17, 15) is 12.8 Å². The summed E-state index contributed by atoms with van der Waals surface area (Å²) in [6, 6.07) is 11.7. The van der Waals surface area contributed by atoms with Gasteiger partial charge in [0, 0.05) is 0 Å². The third-order valence-corrected chi connectivity index (χ3v) is 5.08. The SMILES string of the molecule is CC(N)C1=Nc2cccc(F)c2S(=O)(=O)N1c1ccccc1. The van der Waals surface area contributed by atoms with Gasteiger partial charge in [0.25, 0.3) is 10.0 Å². The van der Waals surface area contributed by atoms with Crippen LogP contribution >= 0.6 is 0 Å². The number of hydrogen-bond donors (Lipinski definition) is 1. The van der Waals surface area contributed by atoms with Crippen LogP contribution in [0.5, 0.6) is 0 Å². The van der Waals surface area contributed by atoms with Crippen LogP contribution in [0, 0.1) is 5.82 Å². The molecule has 1 atom stereocenters. The molecule has 0 saturated carbocycles. The standard InChI is InChI=1S/C15H14FN3O2S/c1-10(17)15-18-13-9-5-8-12(16)14(13)22(20,21)19(15)11-6-3-2-4-7-11/h2-10H,17H2,1H3. The van der Waals surface area contributed by atoms with E-state index >= 15 is 0 Å². The Morgan fingerprint density at radius 2 is 1.82 bits per heavy atom. The normalized spacial score (nSPS) is 17.6. The predicted octanol–water partition coefficient (Wildman–Crippen LogP) is 2.41. The molecule has 22 heavy (non-hydrogen) atoms. The highest BCUT2D eigenvalue weighted by molar-refractivity contribution is 7.93. The number of halogens is 1. The average Bonchev–Trinajstić information content (AvgIpc) is 2.46. The van der Waals surface area contributed by atoms with Crippen LogP contribution in [0.2, 0.25) is 0 Å². The molecule has 1 heterocycles. The quantitative estimate of drug-likeness (QED) is 0.923. The van der Waals surface area contributed by atoms with Crippen molar-refractivity contribution in [1.29, 1.82) is 0 Å². The van der Waals surface area contributed by atoms with E-state index in [0.29, 0.717) is 5.69 Å². The zero-order chi connectivity index (χ0) is 15.9. The fourth-order valence-corrected chi connectivity index (χ4v) is 4.07. The molecule has 5 nitrogen and oxygen atoms in total. The number of fused-ring (bicyclic) bond motifs is 1. The van der Waals surface area contributed by atoms with Gasteiger partial charge in [-0.05, 0) is 31.2 Å². The van der Waals surface area contributed by atoms with Crippen molar-refractivity contribution in [2.45, 2.75) is 17.9 Å². The Kier molecular flexibility index (Phi) is 3.46. The first-order valence-corrected chi connectivity index (χ1v) is 8.10. The Balaban J connectivity index is 2.33. The van der Waals surface area contributed by atoms with Crippen molar-refractivity contribution in [2.24, 2.45) is 10.7 Å². The maximum absolute atomic E-state index is 14.1. The van der Waals surface area contributed by atoms with Gasteiger partial charge in [0.1, 0.15) is 16.5 Å². The Bertz CT molecular complexity index is 848. The van der Waals surface area contributed by atoms with Crippen molar-refractivity contribution in [3.63, 3.8) is 0 Å². The minimum absolute atomic E-state index is 0.0690. The highest BCUT2D eigenvalue weighted by Gasteiger charge is 2.38. The van der Waals surface area contributed by atoms with Crippen molar-refractivity contribution in [3.8, 4) is 0 Å². The van der Waals surface area contributed by atoms with Crippen molar-refractivity contribution in [3.05, 3.63) is 54.3 Å². The number of aliphatic imine (C=N–C) groups is 1. The molecule has 7 heteroatoms. The van der Waals surface area contributed by atoms with Crippen LogP contribution in [-0.4, -0.2) is 20.3 Å². The van der Waals surface area contributed by atoms with Crippen LogP contribution in [0.4, 0.5) is 15.8 Å². The molecule has 0 aliphatic carbocycles. The largest absolute Gasteiger partial charge is 0.322 e. The van der Waals surface area contributed by atoms with Crippen molar-refractivity contribution in [1.82, 2.24) is 0 Å². The lowest BCUT2D eigenvalue weighted by molar-refractivity contribution is 0.566. The number of nitrogens with two attached hydrogens (primary N) is 1. The number of rotatable bonds is 2. The molecule has 0 aromatic heterocycles. The highest BCUT2D eigenvalue weighted by Crippen LogP contribution is 2.37. The van der Waals surface area contributed by atoms with Crippen LogP contribution in [0.15, 0.2) is 58.4 Å². The number of amidine groups is 1. The summed E-state index contributed by atoms with van der Waals surface area (Å²) in [6.45, 7) is 1.63. The second-order valence-corrected chi connectivity index (χ2v) is 6.68. The molecule has 1 unspecified atom stereocenters. The van der Waals surface area contributed by atoms with Gasteiger partial charge in [0.2, 0.25) is 0 Å². The second-order valence-electron chi connectivity index (χ2n) is 4.95. The van der Waals surface area contributed by atoms with E-state index in [1.54, 1.807) is 37.3 Å². The number of sulfonamides is 1. The summed E-state index contributed by atoms with van der Waals surface area (Å²) in [7, 11) is -4.11. The molecule has 0 fully saturated rings. The van der Waals surface area contributed by atoms with Crippen LogP contribution in [-0.2, 0) is 10.0 Å². The first kappa shape index (κ1) is 14.7. The molecule has 0 saturated heterocycles. The van der Waals surface area contributed by atoms with Gasteiger partial charge in [-0.2, -0.15) is 0 Å². The van der Waals surface area contributed by atoms with E-state index in [-0.39, 0.29) is 11.5 Å². The fraction of sp³-hybridized carbons (Fsp3) is 0.133. The van der Waals surface area contributed by atoms with Crippen molar-refractivity contribution >= 4 is 27.2 Å². The summed E-state index contributed by atoms with van der Waals surface area (Å²) >= 11 is 0. The molecule has 0 amide bonds. The summed E-state index contributed by atoms with van der Waals surface area (Å²) in [6.07, 6.45) is 0. The van der Waals surface area contributed by atoms with E-state index in [1.807, 2.05) is 0 Å². The third kappa shape index (κ3) is 2.18. The summed E-state index contributed by atoms with van der Waals surface area (Å²) in [5.41, 5.74) is 6.32. The zero-order valence-corrected chi connectivity index (χ0v) is 12.6. The molecular weight excluding hydrogens is 305 g/mol. The van der Waals surface area contributed by atoms with Gasteiger partial charge < -0.3 is 5.73 Å². The van der Waals surface area contributed by atoms with Crippen LogP contribution in [0.1, 0.15) is 6.92 Å². The van der Waals surface area contributed by atoms with Gasteiger partial charge in [0.15, 0.2) is 0 Å². The maximum Gasteiger partial charge on any atom is 0.274 e. The van der Waals surface area contributed by atoms with E-state index in [0.717, 1.165) is 10.4 Å². The third-order valence-electron chi connectivity index (χ3n) is 3.29. The maximum atomic E-state index is 14.1. The Hall–Kier alpha value is -2.25. The fourth-order valence-electron chi connectivity index (χ4n) is 2.35. The van der Waals surface area contributed by atoms with Crippen LogP contribution in [0.3, 0.4) is 0 Å². The van der Waals surface area contributed by atoms with Gasteiger partial charge in [0.05, 0.1) is 17.4 Å². The molecule has 1 aliphatic rings. The zero-order valence-electron chi connectivity index (χ0n) is 11.8. The van der Waals surface area contributed by atoms with Crippen molar-refractivity contribution < 1.29 is 12.8 Å². The Morgan fingerprint density at radius 3 is 2.45 bits per heavy atom. The predicted molar refractivity (Wildman–Crippen MR) is 83.3 cm³/mol. The lowest BCUT2D eigenvalue weighted by atomic mass is 10.2. The van der Waals surface area contributed by atoms with E-state index in [2.05, 4.69) is 4.99 Å². The van der Waals surface area contributed by atoms with Gasteiger partial charge in [-0.3, -0.25) is 0 Å². The molecular formula is C15H14FN3O2S. The second kappa shape index (κ2) is 5.19. The monoisotopic (exact) mass is 319 g/mol. The molecule has 3 rings (SSSR count). The Labute approximate surface area is 127 Å². The minimum atomic E-state index is -4.11. The van der Waals surface area contributed by atoms with E-state index < -0.39 is 26.8 Å². The summed E-state index contributed by atoms with van der Waals surface area (Å²) in [4.78, 5) is 3.83. The highest BCUT2D eigenvalue weighted by atomic mass is 32.2. The summed E-state index contributed by atoms with van der Waals surface area (Å²) in [5, 5.41) is 0. The number of nitrogens with zero attached hydrogens (tertiary/aromatic N) is 2.